The van der Waals surface area contributed by atoms with Gasteiger partial charge in [-0.3, -0.25) is 9.59 Å². The predicted octanol–water partition coefficient (Wildman–Crippen LogP) is 1.13. The third-order valence-corrected chi connectivity index (χ3v) is 4.23. The van der Waals surface area contributed by atoms with Gasteiger partial charge in [-0.15, -0.1) is 0 Å². The molecule has 1 aliphatic rings. The zero-order valence-corrected chi connectivity index (χ0v) is 15.1. The van der Waals surface area contributed by atoms with E-state index in [0.29, 0.717) is 37.7 Å². The zero-order valence-electron chi connectivity index (χ0n) is 15.1. The van der Waals surface area contributed by atoms with E-state index in [-0.39, 0.29) is 18.2 Å². The number of hydrogen-bond acceptors (Lipinski definition) is 5. The molecule has 0 radical (unpaired) electrons. The molecule has 1 aromatic carbocycles. The van der Waals surface area contributed by atoms with Crippen LogP contribution in [0.15, 0.2) is 12.1 Å². The predicted molar refractivity (Wildman–Crippen MR) is 92.8 cm³/mol. The standard InChI is InChI=1S/C18H26N2O5/c1-23-8-4-6-19-17(21)11-18(22)20-7-5-13-9-15(24-2)16(25-3)10-14(13)12-20/h9-10H,4-8,11-12H2,1-3H3,(H,19,21). The van der Waals surface area contributed by atoms with Crippen LogP contribution in [0.4, 0.5) is 0 Å². The highest BCUT2D eigenvalue weighted by Crippen LogP contribution is 2.33. The molecule has 1 aromatic rings. The maximum atomic E-state index is 12.4. The van der Waals surface area contributed by atoms with Crippen LogP contribution in [-0.2, 0) is 27.3 Å². The Morgan fingerprint density at radius 1 is 1.12 bits per heavy atom. The number of benzene rings is 1. The van der Waals surface area contributed by atoms with E-state index in [9.17, 15) is 9.59 Å². The summed E-state index contributed by atoms with van der Waals surface area (Å²) in [6, 6.07) is 3.86. The average molecular weight is 350 g/mol. The third kappa shape index (κ3) is 5.09. The van der Waals surface area contributed by atoms with Crippen LogP contribution in [0.25, 0.3) is 0 Å². The van der Waals surface area contributed by atoms with Crippen molar-refractivity contribution in [3.8, 4) is 11.5 Å². The normalized spacial score (nSPS) is 13.2. The Morgan fingerprint density at radius 2 is 1.80 bits per heavy atom. The van der Waals surface area contributed by atoms with Crippen LogP contribution in [0.5, 0.6) is 11.5 Å². The van der Waals surface area contributed by atoms with E-state index in [2.05, 4.69) is 5.32 Å². The number of nitrogens with one attached hydrogen (secondary N) is 1. The van der Waals surface area contributed by atoms with Crippen molar-refractivity contribution in [1.29, 1.82) is 0 Å². The summed E-state index contributed by atoms with van der Waals surface area (Å²) in [4.78, 5) is 25.9. The van der Waals surface area contributed by atoms with Crippen LogP contribution in [0.1, 0.15) is 24.0 Å². The maximum Gasteiger partial charge on any atom is 0.232 e. The molecule has 0 saturated carbocycles. The molecule has 1 heterocycles. The molecule has 7 heteroatoms. The van der Waals surface area contributed by atoms with Gasteiger partial charge in [-0.25, -0.2) is 0 Å². The first-order valence-electron chi connectivity index (χ1n) is 8.36. The van der Waals surface area contributed by atoms with Crippen LogP contribution in [0.3, 0.4) is 0 Å². The molecule has 2 rings (SSSR count). The lowest BCUT2D eigenvalue weighted by Gasteiger charge is -2.29. The highest BCUT2D eigenvalue weighted by molar-refractivity contribution is 5.96. The molecule has 0 bridgehead atoms. The summed E-state index contributed by atoms with van der Waals surface area (Å²) in [6.45, 7) is 2.17. The molecule has 25 heavy (non-hydrogen) atoms. The lowest BCUT2D eigenvalue weighted by molar-refractivity contribution is -0.136. The number of fused-ring (bicyclic) bond motifs is 1. The highest BCUT2D eigenvalue weighted by atomic mass is 16.5. The molecular weight excluding hydrogens is 324 g/mol. The molecule has 0 spiro atoms. The number of methoxy groups -OCH3 is 3. The summed E-state index contributed by atoms with van der Waals surface area (Å²) in [7, 11) is 4.81. The van der Waals surface area contributed by atoms with Crippen molar-refractivity contribution in [2.45, 2.75) is 25.8 Å². The molecule has 1 N–H and O–H groups in total. The Hall–Kier alpha value is -2.28. The minimum absolute atomic E-state index is 0.129. The first-order valence-corrected chi connectivity index (χ1v) is 8.36. The monoisotopic (exact) mass is 350 g/mol. The summed E-state index contributed by atoms with van der Waals surface area (Å²) in [5.74, 6) is 0.923. The van der Waals surface area contributed by atoms with Gasteiger partial charge in [-0.05, 0) is 36.1 Å². The number of nitrogens with zero attached hydrogens (tertiary/aromatic N) is 1. The van der Waals surface area contributed by atoms with Gasteiger partial charge in [0.05, 0.1) is 14.2 Å². The lowest BCUT2D eigenvalue weighted by atomic mass is 9.98. The highest BCUT2D eigenvalue weighted by Gasteiger charge is 2.24. The molecular formula is C18H26N2O5. The van der Waals surface area contributed by atoms with Crippen molar-refractivity contribution in [1.82, 2.24) is 10.2 Å². The second-order valence-corrected chi connectivity index (χ2v) is 5.91. The molecule has 2 amide bonds. The smallest absolute Gasteiger partial charge is 0.232 e. The van der Waals surface area contributed by atoms with Crippen molar-refractivity contribution in [3.63, 3.8) is 0 Å². The van der Waals surface area contributed by atoms with Gasteiger partial charge in [-0.1, -0.05) is 0 Å². The van der Waals surface area contributed by atoms with E-state index in [4.69, 9.17) is 14.2 Å². The van der Waals surface area contributed by atoms with E-state index in [1.165, 1.54) is 0 Å². The second kappa shape index (κ2) is 9.27. The fourth-order valence-corrected chi connectivity index (χ4v) is 2.85. The minimum atomic E-state index is -0.251. The Labute approximate surface area is 148 Å². The number of carbonyl (C=O) groups is 2. The van der Waals surface area contributed by atoms with Crippen molar-refractivity contribution >= 4 is 11.8 Å². The molecule has 0 fully saturated rings. The van der Waals surface area contributed by atoms with Gasteiger partial charge in [0.2, 0.25) is 11.8 Å². The quantitative estimate of drug-likeness (QED) is 0.562. The molecule has 1 aliphatic heterocycles. The Morgan fingerprint density at radius 3 is 2.44 bits per heavy atom. The van der Waals surface area contributed by atoms with Crippen LogP contribution in [0, 0.1) is 0 Å². The van der Waals surface area contributed by atoms with Gasteiger partial charge in [0.15, 0.2) is 11.5 Å². The summed E-state index contributed by atoms with van der Waals surface area (Å²) in [5.41, 5.74) is 2.17. The maximum absolute atomic E-state index is 12.4. The first-order chi connectivity index (χ1) is 12.1. The zero-order chi connectivity index (χ0) is 18.2. The molecule has 0 aromatic heterocycles. The van der Waals surface area contributed by atoms with E-state index >= 15 is 0 Å². The van der Waals surface area contributed by atoms with E-state index in [0.717, 1.165) is 24.0 Å². The Kier molecular flexibility index (Phi) is 7.06. The fourth-order valence-electron chi connectivity index (χ4n) is 2.85. The van der Waals surface area contributed by atoms with Crippen molar-refractivity contribution < 1.29 is 23.8 Å². The van der Waals surface area contributed by atoms with Crippen LogP contribution >= 0.6 is 0 Å². The largest absolute Gasteiger partial charge is 0.493 e. The number of carbonyl (C=O) groups excluding carboxylic acids is 2. The van der Waals surface area contributed by atoms with Crippen LogP contribution < -0.4 is 14.8 Å². The molecule has 7 nitrogen and oxygen atoms in total. The van der Waals surface area contributed by atoms with Crippen molar-refractivity contribution in [2.24, 2.45) is 0 Å². The van der Waals surface area contributed by atoms with Gasteiger partial charge in [-0.2, -0.15) is 0 Å². The fraction of sp³-hybridized carbons (Fsp3) is 0.556. The lowest BCUT2D eigenvalue weighted by Crippen LogP contribution is -2.39. The first kappa shape index (κ1) is 19.1. The van der Waals surface area contributed by atoms with Crippen molar-refractivity contribution in [3.05, 3.63) is 23.3 Å². The van der Waals surface area contributed by atoms with Crippen LogP contribution in [0.2, 0.25) is 0 Å². The average Bonchev–Trinajstić information content (AvgIpc) is 2.63. The van der Waals surface area contributed by atoms with Gasteiger partial charge in [0, 0.05) is 33.4 Å². The van der Waals surface area contributed by atoms with E-state index < -0.39 is 0 Å². The number of amides is 2. The third-order valence-electron chi connectivity index (χ3n) is 4.23. The van der Waals surface area contributed by atoms with Crippen LogP contribution in [-0.4, -0.2) is 57.7 Å². The topological polar surface area (TPSA) is 77.1 Å². The second-order valence-electron chi connectivity index (χ2n) is 5.91. The SMILES string of the molecule is COCCCNC(=O)CC(=O)N1CCc2cc(OC)c(OC)cc2C1. The molecule has 0 unspecified atom stereocenters. The molecule has 138 valence electrons. The molecule has 0 aliphatic carbocycles. The summed E-state index contributed by atoms with van der Waals surface area (Å²) in [6.07, 6.45) is 1.33. The van der Waals surface area contributed by atoms with Gasteiger partial charge in [0.25, 0.3) is 0 Å². The number of rotatable bonds is 8. The van der Waals surface area contributed by atoms with Gasteiger partial charge >= 0.3 is 0 Å². The van der Waals surface area contributed by atoms with Gasteiger partial charge in [0.1, 0.15) is 6.42 Å². The Balaban J connectivity index is 1.93. The number of hydrogen-bond donors (Lipinski definition) is 1. The number of ether oxygens (including phenoxy) is 3. The van der Waals surface area contributed by atoms with Gasteiger partial charge < -0.3 is 24.4 Å². The van der Waals surface area contributed by atoms with Crippen molar-refractivity contribution in [2.75, 3.05) is 41.0 Å². The Bertz CT molecular complexity index is 618. The molecule has 0 atom stereocenters. The summed E-state index contributed by atoms with van der Waals surface area (Å²) in [5, 5.41) is 2.74. The summed E-state index contributed by atoms with van der Waals surface area (Å²) < 4.78 is 15.6. The summed E-state index contributed by atoms with van der Waals surface area (Å²) >= 11 is 0. The molecule has 0 saturated heterocycles. The minimum Gasteiger partial charge on any atom is -0.493 e. The van der Waals surface area contributed by atoms with E-state index in [1.54, 1.807) is 26.2 Å². The van der Waals surface area contributed by atoms with E-state index in [1.807, 2.05) is 12.1 Å².